The summed E-state index contributed by atoms with van der Waals surface area (Å²) in [7, 11) is 0. The Balaban J connectivity index is 0.000000735. The van der Waals surface area contributed by atoms with E-state index in [1.165, 1.54) is 115 Å². The molecule has 3 aromatic heterocycles. The van der Waals surface area contributed by atoms with Crippen LogP contribution in [0.2, 0.25) is 0 Å². The van der Waals surface area contributed by atoms with Crippen molar-refractivity contribution in [2.24, 2.45) is 0 Å². The number of rotatable bonds is 4. The molecule has 4 aliphatic rings. The SMILES string of the molecule is C1CCOC1.C1CCOC1.Cc1cc(C)c(-c2c3nc(c(-c4c(C)cc(C)cc4C)c4ccc([nH]4)c(-c4c(C)cc(C)cc4C)c4nc(c(-c5c(C)cc(C)cc5C)c5ccc2[nH]5)C=C4)C=C3)c(C)c1.[Al+3].[C-]#[O+].[C-]#[O+].[C-]#[O+].[C-]#[O+].[Co+3]. The minimum atomic E-state index is 0. The van der Waals surface area contributed by atoms with Gasteiger partial charge in [0.25, 0.3) is 0 Å². The zero-order valence-corrected chi connectivity index (χ0v) is 50.3. The molecule has 80 heavy (non-hydrogen) atoms. The molecule has 12 heteroatoms. The van der Waals surface area contributed by atoms with Crippen LogP contribution in [-0.4, -0.2) is 63.7 Å². The van der Waals surface area contributed by atoms with Gasteiger partial charge in [0.15, 0.2) is 0 Å². The molecular formula is C68H70AlCoN4O6+6. The number of hydrogen-bond acceptors (Lipinski definition) is 4. The van der Waals surface area contributed by atoms with Crippen molar-refractivity contribution in [2.75, 3.05) is 26.4 Å². The van der Waals surface area contributed by atoms with Crippen molar-refractivity contribution in [3.63, 3.8) is 0 Å². The summed E-state index contributed by atoms with van der Waals surface area (Å²) in [5.41, 5.74) is 31.8. The van der Waals surface area contributed by atoms with Gasteiger partial charge in [-0.3, -0.25) is 0 Å². The standard InChI is InChI=1S/C56H54N4.2C4H8O.4CO.Al.Co/c1-29-21-33(5)49(34(6)22-29)53-41-13-15-43(57-41)54(50-35(7)23-30(2)24-36(50)8)45-17-19-47(59-45)56(52-39(11)27-32(4)28-40(52)12)48-20-18-46(60-48)55(44-16-14-42(53)58-44)51-37(9)25-31(3)26-38(51)10;2*1-2-4-5-3-1;4*1-2;;/h13-28,57,60H,1-12H3;2*1-4H2;;;;;;/q;;;;;;;2*+3. The second kappa shape index (κ2) is 32.0. The first-order chi connectivity index (χ1) is 37.7. The molecule has 0 radical (unpaired) electrons. The number of benzene rings is 4. The van der Waals surface area contributed by atoms with E-state index in [9.17, 15) is 0 Å². The molecule has 0 amide bonds. The summed E-state index contributed by atoms with van der Waals surface area (Å²) in [5, 5.41) is 0. The topological polar surface area (TPSA) is 155 Å². The van der Waals surface area contributed by atoms with Crippen molar-refractivity contribution in [1.82, 2.24) is 19.9 Å². The molecule has 8 bridgehead atoms. The van der Waals surface area contributed by atoms with Gasteiger partial charge in [0, 0.05) is 70.7 Å². The molecular weight excluding hydrogens is 1050 g/mol. The third kappa shape index (κ3) is 15.4. The van der Waals surface area contributed by atoms with E-state index in [2.05, 4.69) is 217 Å². The van der Waals surface area contributed by atoms with Crippen LogP contribution < -0.4 is 0 Å². The Morgan fingerprint density at radius 2 is 0.500 bits per heavy atom. The average molecular weight is 1130 g/mol. The van der Waals surface area contributed by atoms with E-state index in [4.69, 9.17) is 38.1 Å². The number of fused-ring (bicyclic) bond motifs is 8. The van der Waals surface area contributed by atoms with E-state index >= 15 is 0 Å². The molecule has 0 aliphatic carbocycles. The smallest absolute Gasteiger partial charge is 3.00 e. The minimum Gasteiger partial charge on any atom is 3.00 e. The maximum Gasteiger partial charge on any atom is 3.00 e. The molecule has 2 saturated heterocycles. The molecule has 7 heterocycles. The van der Waals surface area contributed by atoms with E-state index < -0.39 is 0 Å². The van der Waals surface area contributed by atoms with E-state index in [1.54, 1.807) is 0 Å². The van der Waals surface area contributed by atoms with Gasteiger partial charge in [-0.05, 0) is 224 Å². The van der Waals surface area contributed by atoms with E-state index in [0.29, 0.717) is 0 Å². The first-order valence-corrected chi connectivity index (χ1v) is 26.1. The predicted octanol–water partition coefficient (Wildman–Crippen LogP) is 16.1. The van der Waals surface area contributed by atoms with Gasteiger partial charge in [0.1, 0.15) is 0 Å². The van der Waals surface area contributed by atoms with Gasteiger partial charge >= 0.3 is 79.4 Å². The van der Waals surface area contributed by atoms with Crippen molar-refractivity contribution in [1.29, 1.82) is 0 Å². The summed E-state index contributed by atoms with van der Waals surface area (Å²) >= 11 is 0. The first kappa shape index (κ1) is 67.7. The number of aryl methyl sites for hydroxylation is 12. The number of aromatic amines is 2. The van der Waals surface area contributed by atoms with Crippen LogP contribution in [0.25, 0.3) is 90.9 Å². The summed E-state index contributed by atoms with van der Waals surface area (Å²) in [5.74, 6) is 0. The van der Waals surface area contributed by atoms with Gasteiger partial charge < -0.3 is 19.4 Å². The van der Waals surface area contributed by atoms with Crippen molar-refractivity contribution in [3.05, 3.63) is 189 Å². The molecule has 7 aromatic rings. The molecule has 0 spiro atoms. The zero-order chi connectivity index (χ0) is 57.4. The number of aromatic nitrogens is 4. The second-order valence-electron chi connectivity index (χ2n) is 20.2. The quantitative estimate of drug-likeness (QED) is 0.102. The number of nitrogens with zero attached hydrogens (tertiary/aromatic N) is 2. The molecule has 0 atom stereocenters. The fourth-order valence-electron chi connectivity index (χ4n) is 11.6. The van der Waals surface area contributed by atoms with Gasteiger partial charge in [0.2, 0.25) is 0 Å². The maximum absolute atomic E-state index is 7.50. The monoisotopic (exact) mass is 1120 g/mol. The van der Waals surface area contributed by atoms with E-state index in [-0.39, 0.29) is 34.1 Å². The summed E-state index contributed by atoms with van der Waals surface area (Å²) in [4.78, 5) is 19.2. The van der Waals surface area contributed by atoms with Crippen molar-refractivity contribution in [2.45, 2.75) is 109 Å². The van der Waals surface area contributed by atoms with Gasteiger partial charge in [-0.25, -0.2) is 9.97 Å². The third-order valence-corrected chi connectivity index (χ3v) is 14.1. The van der Waals surface area contributed by atoms with Crippen LogP contribution in [-0.2, 0) is 44.9 Å². The zero-order valence-electron chi connectivity index (χ0n) is 48.1. The van der Waals surface area contributed by atoms with Crippen LogP contribution in [0.5, 0.6) is 0 Å². The normalized spacial score (nSPS) is 12.2. The third-order valence-electron chi connectivity index (χ3n) is 14.1. The summed E-state index contributed by atoms with van der Waals surface area (Å²) in [6.45, 7) is 48.5. The van der Waals surface area contributed by atoms with Gasteiger partial charge in [-0.15, -0.1) is 0 Å². The number of H-pyrrole nitrogens is 2. The number of nitrogens with one attached hydrogen (secondary N) is 2. The van der Waals surface area contributed by atoms with Gasteiger partial charge in [-0.1, -0.05) is 70.8 Å². The van der Waals surface area contributed by atoms with Crippen molar-refractivity contribution >= 4 is 63.7 Å². The Bertz CT molecular complexity index is 3080. The molecule has 404 valence electrons. The second-order valence-corrected chi connectivity index (χ2v) is 20.2. The van der Waals surface area contributed by atoms with Crippen LogP contribution >= 0.6 is 0 Å². The molecule has 2 fully saturated rings. The number of ether oxygens (including phenoxy) is 2. The average Bonchev–Trinajstić information content (AvgIpc) is 4.27. The molecule has 0 unspecified atom stereocenters. The molecule has 10 nitrogen and oxygen atoms in total. The van der Waals surface area contributed by atoms with Crippen molar-refractivity contribution in [3.8, 4) is 44.5 Å². The predicted molar refractivity (Wildman–Crippen MR) is 319 cm³/mol. The Hall–Kier alpha value is -6.60. The minimum absolute atomic E-state index is 0. The van der Waals surface area contributed by atoms with Crippen LogP contribution in [0.15, 0.2) is 72.8 Å². The fraction of sp³-hybridized carbons (Fsp3) is 0.294. The summed E-state index contributed by atoms with van der Waals surface area (Å²) < 4.78 is 39.9. The Morgan fingerprint density at radius 3 is 0.650 bits per heavy atom. The molecule has 11 rings (SSSR count). The molecule has 0 saturated carbocycles. The van der Waals surface area contributed by atoms with Crippen LogP contribution in [0, 0.1) is 110 Å². The molecule has 4 aromatic carbocycles. The Kier molecular flexibility index (Phi) is 27.1. The fourth-order valence-corrected chi connectivity index (χ4v) is 11.6. The summed E-state index contributed by atoms with van der Waals surface area (Å²) in [6, 6.07) is 27.3. The van der Waals surface area contributed by atoms with E-state index in [1.807, 2.05) is 0 Å². The van der Waals surface area contributed by atoms with Crippen LogP contribution in [0.3, 0.4) is 0 Å². The van der Waals surface area contributed by atoms with Gasteiger partial charge in [-0.2, -0.15) is 0 Å². The maximum atomic E-state index is 7.50. The van der Waals surface area contributed by atoms with Crippen LogP contribution in [0.1, 0.15) is 115 Å². The van der Waals surface area contributed by atoms with Crippen molar-refractivity contribution < 1.29 is 44.9 Å². The van der Waals surface area contributed by atoms with E-state index in [0.717, 1.165) is 93.5 Å². The molecule has 2 N–H and O–H groups in total. The summed E-state index contributed by atoms with van der Waals surface area (Å²) in [6.07, 6.45) is 14.0. The first-order valence-electron chi connectivity index (χ1n) is 26.1. The Labute approximate surface area is 494 Å². The van der Waals surface area contributed by atoms with Crippen LogP contribution in [0.4, 0.5) is 0 Å². The molecule has 4 aliphatic heterocycles. The largest absolute Gasteiger partial charge is 3.00 e. The van der Waals surface area contributed by atoms with Gasteiger partial charge in [0.05, 0.1) is 22.8 Å². The Morgan fingerprint density at radius 1 is 0.325 bits per heavy atom. The number of hydrogen-bond donors (Lipinski definition) is 2.